The Morgan fingerprint density at radius 1 is 1.21 bits per heavy atom. The van der Waals surface area contributed by atoms with E-state index in [0.717, 1.165) is 26.1 Å². The minimum atomic E-state index is -3.50. The van der Waals surface area contributed by atoms with Gasteiger partial charge in [-0.2, -0.15) is 0 Å². The maximum absolute atomic E-state index is 12.6. The van der Waals surface area contributed by atoms with Crippen LogP contribution in [-0.4, -0.2) is 59.6 Å². The molecule has 0 radical (unpaired) electrons. The molecule has 0 aromatic heterocycles. The van der Waals surface area contributed by atoms with E-state index >= 15 is 0 Å². The molecule has 0 saturated heterocycles. The van der Waals surface area contributed by atoms with Crippen molar-refractivity contribution in [2.45, 2.75) is 50.5 Å². The predicted molar refractivity (Wildman–Crippen MR) is 118 cm³/mol. The van der Waals surface area contributed by atoms with E-state index in [9.17, 15) is 8.42 Å². The zero-order chi connectivity index (χ0) is 21.3. The Morgan fingerprint density at radius 2 is 1.90 bits per heavy atom. The molecule has 0 amide bonds. The summed E-state index contributed by atoms with van der Waals surface area (Å²) in [7, 11) is 1.33. The van der Waals surface area contributed by atoms with Gasteiger partial charge in [0.2, 0.25) is 10.0 Å². The van der Waals surface area contributed by atoms with Crippen molar-refractivity contribution in [2.75, 3.05) is 40.9 Å². The van der Waals surface area contributed by atoms with Crippen LogP contribution in [0.5, 0.6) is 0 Å². The smallest absolute Gasteiger partial charge is 0.242 e. The number of benzene rings is 1. The second-order valence-corrected chi connectivity index (χ2v) is 10.0. The molecular formula is C21H36N4O3S. The summed E-state index contributed by atoms with van der Waals surface area (Å²) in [4.78, 5) is 4.97. The minimum absolute atomic E-state index is 0.248. The van der Waals surface area contributed by atoms with E-state index in [4.69, 9.17) is 4.74 Å². The normalized spacial score (nSPS) is 16.9. The van der Waals surface area contributed by atoms with E-state index in [-0.39, 0.29) is 5.41 Å². The van der Waals surface area contributed by atoms with Crippen LogP contribution in [0.3, 0.4) is 0 Å². The molecule has 1 fully saturated rings. The maximum Gasteiger partial charge on any atom is 0.242 e. The lowest BCUT2D eigenvalue weighted by Gasteiger charge is -2.30. The molecule has 0 bridgehead atoms. The Bertz CT molecular complexity index is 772. The minimum Gasteiger partial charge on any atom is -0.385 e. The van der Waals surface area contributed by atoms with E-state index in [0.29, 0.717) is 23.0 Å². The number of hydrogen-bond donors (Lipinski definition) is 2. The van der Waals surface area contributed by atoms with Gasteiger partial charge in [0.05, 0.1) is 11.4 Å². The van der Waals surface area contributed by atoms with Crippen LogP contribution in [0.2, 0.25) is 0 Å². The first kappa shape index (κ1) is 23.6. The van der Waals surface area contributed by atoms with Crippen LogP contribution in [0.1, 0.15) is 44.6 Å². The van der Waals surface area contributed by atoms with Crippen LogP contribution in [0, 0.1) is 5.41 Å². The van der Waals surface area contributed by atoms with Gasteiger partial charge in [-0.05, 0) is 43.2 Å². The standard InChI is InChI=1S/C21H36N4O3S/c1-5-22-20(24-17-21(14-15-28-4)12-8-9-13-21)23-16-18-10-6-7-11-19(18)29(26,27)25(2)3/h6-7,10-11H,5,8-9,12-17H2,1-4H3,(H2,22,23,24). The first-order valence-corrected chi connectivity index (χ1v) is 11.8. The number of aliphatic imine (C=N–C) groups is 1. The SMILES string of the molecule is CCNC(=NCc1ccccc1S(=O)(=O)N(C)C)NCC1(CCOC)CCCC1. The molecule has 0 spiro atoms. The molecule has 0 heterocycles. The van der Waals surface area contributed by atoms with E-state index in [1.54, 1.807) is 33.3 Å². The zero-order valence-corrected chi connectivity index (χ0v) is 19.0. The molecular weight excluding hydrogens is 388 g/mol. The fraction of sp³-hybridized carbons (Fsp3) is 0.667. The zero-order valence-electron chi connectivity index (χ0n) is 18.2. The van der Waals surface area contributed by atoms with Gasteiger partial charge >= 0.3 is 0 Å². The summed E-state index contributed by atoms with van der Waals surface area (Å²) in [6.07, 6.45) is 5.96. The lowest BCUT2D eigenvalue weighted by Crippen LogP contribution is -2.43. The molecule has 1 aromatic carbocycles. The number of guanidine groups is 1. The second kappa shape index (κ2) is 10.9. The Balaban J connectivity index is 2.14. The van der Waals surface area contributed by atoms with Gasteiger partial charge in [0.15, 0.2) is 5.96 Å². The van der Waals surface area contributed by atoms with Gasteiger partial charge in [-0.1, -0.05) is 31.0 Å². The molecule has 0 atom stereocenters. The van der Waals surface area contributed by atoms with Crippen LogP contribution < -0.4 is 10.6 Å². The lowest BCUT2D eigenvalue weighted by molar-refractivity contribution is 0.138. The Morgan fingerprint density at radius 3 is 2.52 bits per heavy atom. The van der Waals surface area contributed by atoms with Gasteiger partial charge in [-0.25, -0.2) is 17.7 Å². The number of rotatable bonds is 10. The summed E-state index contributed by atoms with van der Waals surface area (Å²) < 4.78 is 31.8. The quantitative estimate of drug-likeness (QED) is 0.446. The van der Waals surface area contributed by atoms with Crippen LogP contribution >= 0.6 is 0 Å². The highest BCUT2D eigenvalue weighted by molar-refractivity contribution is 7.89. The number of methoxy groups -OCH3 is 1. The number of nitrogens with zero attached hydrogens (tertiary/aromatic N) is 2. The molecule has 1 aliphatic rings. The highest BCUT2D eigenvalue weighted by atomic mass is 32.2. The van der Waals surface area contributed by atoms with Crippen molar-refractivity contribution in [3.05, 3.63) is 29.8 Å². The lowest BCUT2D eigenvalue weighted by atomic mass is 9.83. The summed E-state index contributed by atoms with van der Waals surface area (Å²) in [5.41, 5.74) is 0.937. The molecule has 0 aliphatic heterocycles. The van der Waals surface area contributed by atoms with Crippen LogP contribution in [0.25, 0.3) is 0 Å². The fourth-order valence-corrected chi connectivity index (χ4v) is 4.93. The monoisotopic (exact) mass is 424 g/mol. The first-order chi connectivity index (χ1) is 13.8. The molecule has 29 heavy (non-hydrogen) atoms. The van der Waals surface area contributed by atoms with Crippen LogP contribution in [0.15, 0.2) is 34.2 Å². The van der Waals surface area contributed by atoms with Crippen LogP contribution in [-0.2, 0) is 21.3 Å². The van der Waals surface area contributed by atoms with Gasteiger partial charge in [0.1, 0.15) is 0 Å². The number of hydrogen-bond acceptors (Lipinski definition) is 4. The first-order valence-electron chi connectivity index (χ1n) is 10.4. The molecule has 1 saturated carbocycles. The summed E-state index contributed by atoms with van der Waals surface area (Å²) in [6.45, 7) is 4.68. The third-order valence-electron chi connectivity index (χ3n) is 5.61. The van der Waals surface area contributed by atoms with Crippen molar-refractivity contribution < 1.29 is 13.2 Å². The Labute approximate surface area is 176 Å². The van der Waals surface area contributed by atoms with Gasteiger partial charge in [0.25, 0.3) is 0 Å². The second-order valence-electron chi connectivity index (χ2n) is 7.89. The molecule has 2 N–H and O–H groups in total. The molecule has 7 nitrogen and oxygen atoms in total. The summed E-state index contributed by atoms with van der Waals surface area (Å²) >= 11 is 0. The average Bonchev–Trinajstić information content (AvgIpc) is 3.18. The fourth-order valence-electron chi connectivity index (χ4n) is 3.82. The molecule has 8 heteroatoms. The van der Waals surface area contributed by atoms with Gasteiger partial charge in [-0.15, -0.1) is 0 Å². The van der Waals surface area contributed by atoms with Crippen molar-refractivity contribution in [3.63, 3.8) is 0 Å². The topological polar surface area (TPSA) is 83.0 Å². The average molecular weight is 425 g/mol. The maximum atomic E-state index is 12.6. The largest absolute Gasteiger partial charge is 0.385 e. The molecule has 2 rings (SSSR count). The highest BCUT2D eigenvalue weighted by Crippen LogP contribution is 2.40. The molecule has 164 valence electrons. The third kappa shape index (κ3) is 6.42. The molecule has 1 aromatic rings. The predicted octanol–water partition coefficient (Wildman–Crippen LogP) is 2.59. The molecule has 0 unspecified atom stereocenters. The Kier molecular flexibility index (Phi) is 8.92. The van der Waals surface area contributed by atoms with Crippen molar-refractivity contribution in [1.29, 1.82) is 0 Å². The third-order valence-corrected chi connectivity index (χ3v) is 7.53. The van der Waals surface area contributed by atoms with Crippen LogP contribution in [0.4, 0.5) is 0 Å². The van der Waals surface area contributed by atoms with Gasteiger partial charge in [-0.3, -0.25) is 0 Å². The highest BCUT2D eigenvalue weighted by Gasteiger charge is 2.33. The van der Waals surface area contributed by atoms with Gasteiger partial charge < -0.3 is 15.4 Å². The number of sulfonamides is 1. The summed E-state index contributed by atoms with van der Waals surface area (Å²) in [5.74, 6) is 0.716. The summed E-state index contributed by atoms with van der Waals surface area (Å²) in [5, 5.41) is 6.77. The Hall–Kier alpha value is -1.64. The van der Waals surface area contributed by atoms with E-state index in [1.165, 1.54) is 30.0 Å². The van der Waals surface area contributed by atoms with Crippen molar-refractivity contribution in [2.24, 2.45) is 10.4 Å². The van der Waals surface area contributed by atoms with Crippen molar-refractivity contribution in [3.8, 4) is 0 Å². The van der Waals surface area contributed by atoms with E-state index in [2.05, 4.69) is 15.6 Å². The number of nitrogens with one attached hydrogen (secondary N) is 2. The van der Waals surface area contributed by atoms with E-state index in [1.807, 2.05) is 19.1 Å². The number of ether oxygens (including phenoxy) is 1. The molecule has 1 aliphatic carbocycles. The van der Waals surface area contributed by atoms with Crippen molar-refractivity contribution >= 4 is 16.0 Å². The summed E-state index contributed by atoms with van der Waals surface area (Å²) in [6, 6.07) is 7.05. The van der Waals surface area contributed by atoms with Crippen molar-refractivity contribution in [1.82, 2.24) is 14.9 Å². The van der Waals surface area contributed by atoms with Gasteiger partial charge in [0, 0.05) is 40.9 Å². The van der Waals surface area contributed by atoms with E-state index < -0.39 is 10.0 Å².